The van der Waals surface area contributed by atoms with Gasteiger partial charge in [0.25, 0.3) is 0 Å². The van der Waals surface area contributed by atoms with Gasteiger partial charge in [0.1, 0.15) is 6.19 Å². The molecular weight excluding hydrogens is 305 g/mol. The lowest BCUT2D eigenvalue weighted by Crippen LogP contribution is -2.48. The Bertz CT molecular complexity index is 542. The number of carbonyl (C=O) groups is 2. The second-order valence-electron chi connectivity index (χ2n) is 8.85. The lowest BCUT2D eigenvalue weighted by molar-refractivity contribution is -0.128. The van der Waals surface area contributed by atoms with Crippen LogP contribution < -0.4 is 0 Å². The maximum atomic E-state index is 12.8. The van der Waals surface area contributed by atoms with E-state index in [1.165, 1.54) is 0 Å². The van der Waals surface area contributed by atoms with Crippen LogP contribution in [0.1, 0.15) is 27.2 Å². The van der Waals surface area contributed by atoms with E-state index < -0.39 is 8.32 Å². The fourth-order valence-electron chi connectivity index (χ4n) is 4.31. The summed E-state index contributed by atoms with van der Waals surface area (Å²) in [6, 6.07) is 0.0618. The van der Waals surface area contributed by atoms with Crippen molar-refractivity contribution in [3.63, 3.8) is 0 Å². The van der Waals surface area contributed by atoms with Crippen LogP contribution in [0.4, 0.5) is 0 Å². The van der Waals surface area contributed by atoms with Gasteiger partial charge < -0.3 is 14.0 Å². The molecule has 2 fully saturated rings. The highest BCUT2D eigenvalue weighted by molar-refractivity contribution is 6.74. The van der Waals surface area contributed by atoms with Crippen molar-refractivity contribution in [1.29, 1.82) is 0 Å². The summed E-state index contributed by atoms with van der Waals surface area (Å²) in [6.45, 7) is 11.7. The van der Waals surface area contributed by atoms with E-state index in [-0.39, 0.29) is 30.3 Å². The molecule has 1 saturated heterocycles. The monoisotopic (exact) mass is 333 g/mol. The second kappa shape index (κ2) is 5.59. The Balaban J connectivity index is 1.79. The van der Waals surface area contributed by atoms with Gasteiger partial charge in [-0.1, -0.05) is 32.9 Å². The molecule has 0 radical (unpaired) electrons. The number of nitrogens with zero attached hydrogens (tertiary/aromatic N) is 1. The molecule has 4 unspecified atom stereocenters. The van der Waals surface area contributed by atoms with E-state index in [2.05, 4.69) is 46.0 Å². The van der Waals surface area contributed by atoms with Gasteiger partial charge in [0.2, 0.25) is 5.91 Å². The normalized spacial score (nSPS) is 35.8. The van der Waals surface area contributed by atoms with Crippen LogP contribution >= 0.6 is 0 Å². The van der Waals surface area contributed by atoms with Crippen LogP contribution in [0.3, 0.4) is 0 Å². The Hall–Kier alpha value is -0.878. The highest BCUT2D eigenvalue weighted by atomic mass is 28.4. The summed E-state index contributed by atoms with van der Waals surface area (Å²) in [5.74, 6) is 1.45. The van der Waals surface area contributed by atoms with E-state index in [1.807, 2.05) is 0 Å². The number of amides is 1. The molecule has 1 heterocycles. The predicted octanol–water partition coefficient (Wildman–Crippen LogP) is 2.20. The Morgan fingerprint density at radius 3 is 2.61 bits per heavy atom. The van der Waals surface area contributed by atoms with Gasteiger partial charge in [-0.2, -0.15) is 0 Å². The van der Waals surface area contributed by atoms with Crippen LogP contribution in [0.15, 0.2) is 12.2 Å². The molecule has 4 nitrogen and oxygen atoms in total. The van der Waals surface area contributed by atoms with Gasteiger partial charge in [-0.25, -0.2) is 0 Å². The molecule has 6 heteroatoms. The van der Waals surface area contributed by atoms with Crippen molar-refractivity contribution in [3.05, 3.63) is 12.2 Å². The molecule has 2 bridgehead atoms. The summed E-state index contributed by atoms with van der Waals surface area (Å²) in [5, 5.41) is 0.152. The van der Waals surface area contributed by atoms with E-state index in [9.17, 15) is 9.59 Å². The summed E-state index contributed by atoms with van der Waals surface area (Å²) in [6.07, 6.45) is 6.45. The topological polar surface area (TPSA) is 46.6 Å². The van der Waals surface area contributed by atoms with Gasteiger partial charge >= 0.3 is 7.41 Å². The summed E-state index contributed by atoms with van der Waals surface area (Å²) < 4.78 is 6.42. The van der Waals surface area contributed by atoms with E-state index in [0.29, 0.717) is 24.4 Å². The smallest absolute Gasteiger partial charge is 0.313 e. The minimum Gasteiger partial charge on any atom is -0.415 e. The van der Waals surface area contributed by atoms with Gasteiger partial charge in [0.15, 0.2) is 8.32 Å². The van der Waals surface area contributed by atoms with Crippen molar-refractivity contribution in [2.75, 3.05) is 6.61 Å². The van der Waals surface area contributed by atoms with Crippen LogP contribution in [0.25, 0.3) is 0 Å². The summed E-state index contributed by atoms with van der Waals surface area (Å²) >= 11 is 0. The number of allylic oxidation sites excluding steroid dienone is 2. The Morgan fingerprint density at radius 1 is 1.35 bits per heavy atom. The van der Waals surface area contributed by atoms with Crippen molar-refractivity contribution in [3.8, 4) is 0 Å². The number of carbonyl (C=O) groups excluding carboxylic acids is 2. The maximum Gasteiger partial charge on any atom is 0.313 e. The van der Waals surface area contributed by atoms with Crippen LogP contribution in [0.5, 0.6) is 0 Å². The third-order valence-corrected chi connectivity index (χ3v) is 11.1. The van der Waals surface area contributed by atoms with Crippen molar-refractivity contribution < 1.29 is 14.0 Å². The number of rotatable bonds is 5. The molecule has 126 valence electrons. The van der Waals surface area contributed by atoms with Gasteiger partial charge in [0, 0.05) is 12.0 Å². The van der Waals surface area contributed by atoms with Crippen LogP contribution in [-0.4, -0.2) is 45.3 Å². The molecule has 3 rings (SSSR count). The van der Waals surface area contributed by atoms with Gasteiger partial charge in [-0.3, -0.25) is 4.79 Å². The number of hydrogen-bond donors (Lipinski definition) is 0. The summed E-state index contributed by atoms with van der Waals surface area (Å²) in [5.41, 5.74) is 0. The summed E-state index contributed by atoms with van der Waals surface area (Å²) in [7, 11) is -1.65. The average molecular weight is 333 g/mol. The number of hydrogen-bond acceptors (Lipinski definition) is 3. The molecule has 0 spiro atoms. The molecule has 0 N–H and O–H groups in total. The minimum atomic E-state index is -1.86. The van der Waals surface area contributed by atoms with Crippen LogP contribution in [0.2, 0.25) is 18.1 Å². The lowest BCUT2D eigenvalue weighted by Gasteiger charge is -2.39. The van der Waals surface area contributed by atoms with Crippen molar-refractivity contribution in [1.82, 2.24) is 4.81 Å². The molecule has 0 aromatic rings. The molecule has 23 heavy (non-hydrogen) atoms. The standard InChI is InChI=1S/C17H28BNO3Si/c1-17(2,3)23(4,5)22-9-13-14-11-6-7-12(8-11)15(14)16(21)19(13)18-10-20/h6-7,10-15,18H,8-9H2,1-5H3/t11?,12?,13-,14?,15?/m1/s1. The van der Waals surface area contributed by atoms with E-state index in [0.717, 1.165) is 12.6 Å². The molecule has 0 aromatic heterocycles. The largest absolute Gasteiger partial charge is 0.415 e. The third kappa shape index (κ3) is 2.64. The predicted molar refractivity (Wildman–Crippen MR) is 95.4 cm³/mol. The second-order valence-corrected chi connectivity index (χ2v) is 13.7. The maximum absolute atomic E-state index is 12.8. The minimum absolute atomic E-state index is 0.0618. The Kier molecular flexibility index (Phi) is 4.12. The first-order valence-electron chi connectivity index (χ1n) is 8.74. The molecule has 1 amide bonds. The zero-order chi connectivity index (χ0) is 17.0. The molecular formula is C17H28BNO3Si. The van der Waals surface area contributed by atoms with E-state index >= 15 is 0 Å². The van der Waals surface area contributed by atoms with E-state index in [4.69, 9.17) is 4.43 Å². The first-order chi connectivity index (χ1) is 10.7. The SMILES string of the molecule is CC(C)(C)[Si](C)(C)OC[C@@H]1C2C3C=CC(C3)C2C(=O)N1BC=O. The third-order valence-electron chi connectivity index (χ3n) is 6.63. The average Bonchev–Trinajstić information content (AvgIpc) is 3.11. The molecule has 0 aromatic carbocycles. The fourth-order valence-corrected chi connectivity index (χ4v) is 5.33. The fraction of sp³-hybridized carbons (Fsp3) is 0.765. The van der Waals surface area contributed by atoms with Gasteiger partial charge in [-0.05, 0) is 42.3 Å². The summed E-state index contributed by atoms with van der Waals surface area (Å²) in [4.78, 5) is 25.6. The molecule has 2 aliphatic carbocycles. The van der Waals surface area contributed by atoms with Crippen molar-refractivity contribution in [2.45, 2.75) is 51.4 Å². The quantitative estimate of drug-likeness (QED) is 0.440. The first kappa shape index (κ1) is 17.0. The lowest BCUT2D eigenvalue weighted by atomic mass is 9.81. The zero-order valence-corrected chi connectivity index (χ0v) is 15.9. The van der Waals surface area contributed by atoms with E-state index in [1.54, 1.807) is 4.81 Å². The van der Waals surface area contributed by atoms with Crippen molar-refractivity contribution in [2.24, 2.45) is 23.7 Å². The molecule has 5 atom stereocenters. The van der Waals surface area contributed by atoms with Crippen molar-refractivity contribution >= 4 is 27.8 Å². The molecule has 1 saturated carbocycles. The zero-order valence-electron chi connectivity index (χ0n) is 14.9. The van der Waals surface area contributed by atoms with Crippen LogP contribution in [-0.2, 0) is 14.0 Å². The first-order valence-corrected chi connectivity index (χ1v) is 11.6. The molecule has 3 aliphatic rings. The Labute approximate surface area is 141 Å². The molecule has 1 aliphatic heterocycles. The highest BCUT2D eigenvalue weighted by Gasteiger charge is 2.58. The Morgan fingerprint density at radius 2 is 2.00 bits per heavy atom. The highest BCUT2D eigenvalue weighted by Crippen LogP contribution is 2.54. The van der Waals surface area contributed by atoms with Crippen LogP contribution in [0, 0.1) is 23.7 Å². The van der Waals surface area contributed by atoms with Gasteiger partial charge in [0.05, 0.1) is 6.61 Å². The van der Waals surface area contributed by atoms with Gasteiger partial charge in [-0.15, -0.1) is 0 Å². The number of fused-ring (bicyclic) bond motifs is 5.